The highest BCUT2D eigenvalue weighted by molar-refractivity contribution is 6.05. The van der Waals surface area contributed by atoms with Crippen molar-refractivity contribution in [1.82, 2.24) is 10.7 Å². The number of amides is 1. The third kappa shape index (κ3) is 6.03. The van der Waals surface area contributed by atoms with Gasteiger partial charge in [-0.2, -0.15) is 10.2 Å². The molecular formula is C22H19N5O. The molecule has 0 aromatic heterocycles. The van der Waals surface area contributed by atoms with Crippen LogP contribution in [0.25, 0.3) is 0 Å². The van der Waals surface area contributed by atoms with E-state index < -0.39 is 0 Å². The van der Waals surface area contributed by atoms with Crippen LogP contribution >= 0.6 is 0 Å². The Morgan fingerprint density at radius 1 is 0.714 bits per heavy atom. The van der Waals surface area contributed by atoms with E-state index in [4.69, 9.17) is 0 Å². The predicted molar refractivity (Wildman–Crippen MR) is 113 cm³/mol. The Hall–Kier alpha value is -4.06. The molecule has 3 aromatic carbocycles. The Labute approximate surface area is 163 Å². The minimum absolute atomic E-state index is 0.119. The molecule has 6 heteroatoms. The average molecular weight is 369 g/mol. The minimum atomic E-state index is -0.309. The highest BCUT2D eigenvalue weighted by Gasteiger charge is 2.07. The van der Waals surface area contributed by atoms with Crippen molar-refractivity contribution < 1.29 is 4.79 Å². The average Bonchev–Trinajstić information content (AvgIpc) is 2.75. The van der Waals surface area contributed by atoms with Crippen LogP contribution in [0.3, 0.4) is 0 Å². The number of carbonyl (C=O) groups excluding carboxylic acids is 1. The second kappa shape index (κ2) is 10.2. The maximum Gasteiger partial charge on any atom is 0.258 e. The first-order valence-corrected chi connectivity index (χ1v) is 8.68. The lowest BCUT2D eigenvalue weighted by atomic mass is 10.2. The van der Waals surface area contributed by atoms with Gasteiger partial charge >= 0.3 is 0 Å². The molecule has 3 aromatic rings. The van der Waals surface area contributed by atoms with Gasteiger partial charge in [0.1, 0.15) is 0 Å². The maximum atomic E-state index is 12.4. The van der Waals surface area contributed by atoms with E-state index in [-0.39, 0.29) is 11.9 Å². The molecule has 1 amide bonds. The summed E-state index contributed by atoms with van der Waals surface area (Å²) in [4.78, 5) is 12.4. The van der Waals surface area contributed by atoms with Crippen molar-refractivity contribution in [2.45, 2.75) is 0 Å². The summed E-state index contributed by atoms with van der Waals surface area (Å²) in [5, 5.41) is 14.9. The molecule has 28 heavy (non-hydrogen) atoms. The predicted octanol–water partition coefficient (Wildman–Crippen LogP) is 3.43. The van der Waals surface area contributed by atoms with Gasteiger partial charge in [-0.1, -0.05) is 78.9 Å². The molecule has 0 bridgehead atoms. The molecular weight excluding hydrogens is 350 g/mol. The second-order valence-electron chi connectivity index (χ2n) is 5.70. The molecule has 6 nitrogen and oxygen atoms in total. The van der Waals surface area contributed by atoms with Crippen LogP contribution in [-0.4, -0.2) is 24.3 Å². The molecule has 0 atom stereocenters. The van der Waals surface area contributed by atoms with Crippen LogP contribution in [0.2, 0.25) is 0 Å². The SMILES string of the molecule is O=C(NC(=N/N=C/c1ccccc1)N/N=C/c1ccccc1)c1ccccc1. The van der Waals surface area contributed by atoms with E-state index in [1.54, 1.807) is 36.7 Å². The number of nitrogens with one attached hydrogen (secondary N) is 2. The lowest BCUT2D eigenvalue weighted by molar-refractivity contribution is 0.0975. The van der Waals surface area contributed by atoms with Gasteiger partial charge in [0, 0.05) is 5.56 Å². The zero-order valence-corrected chi connectivity index (χ0v) is 15.1. The van der Waals surface area contributed by atoms with Gasteiger partial charge in [0.25, 0.3) is 5.91 Å². The Morgan fingerprint density at radius 2 is 1.25 bits per heavy atom. The van der Waals surface area contributed by atoms with E-state index in [9.17, 15) is 4.79 Å². The van der Waals surface area contributed by atoms with Crippen molar-refractivity contribution in [3.63, 3.8) is 0 Å². The number of hydrogen-bond acceptors (Lipinski definition) is 4. The zero-order valence-electron chi connectivity index (χ0n) is 15.1. The first-order chi connectivity index (χ1) is 13.8. The number of guanidine groups is 1. The van der Waals surface area contributed by atoms with E-state index in [0.29, 0.717) is 5.56 Å². The molecule has 0 radical (unpaired) electrons. The lowest BCUT2D eigenvalue weighted by Crippen LogP contribution is -2.38. The van der Waals surface area contributed by atoms with Crippen molar-refractivity contribution in [2.75, 3.05) is 0 Å². The highest BCUT2D eigenvalue weighted by atomic mass is 16.1. The zero-order chi connectivity index (χ0) is 19.4. The Bertz CT molecular complexity index is 968. The van der Waals surface area contributed by atoms with E-state index in [1.165, 1.54) is 0 Å². The van der Waals surface area contributed by atoms with Gasteiger partial charge in [0.15, 0.2) is 0 Å². The van der Waals surface area contributed by atoms with Crippen LogP contribution in [0, 0.1) is 0 Å². The van der Waals surface area contributed by atoms with Crippen LogP contribution in [0.1, 0.15) is 21.5 Å². The first-order valence-electron chi connectivity index (χ1n) is 8.68. The monoisotopic (exact) mass is 369 g/mol. The summed E-state index contributed by atoms with van der Waals surface area (Å²) in [6, 6.07) is 28.0. The molecule has 0 fully saturated rings. The Kier molecular flexibility index (Phi) is 6.81. The molecule has 0 aliphatic heterocycles. The fourth-order valence-corrected chi connectivity index (χ4v) is 2.24. The number of hydrazone groups is 1. The quantitative estimate of drug-likeness (QED) is 0.411. The second-order valence-corrected chi connectivity index (χ2v) is 5.70. The van der Waals surface area contributed by atoms with Gasteiger partial charge in [-0.3, -0.25) is 10.1 Å². The van der Waals surface area contributed by atoms with Crippen molar-refractivity contribution in [2.24, 2.45) is 15.3 Å². The van der Waals surface area contributed by atoms with Gasteiger partial charge in [-0.25, -0.2) is 5.43 Å². The van der Waals surface area contributed by atoms with Crippen LogP contribution in [-0.2, 0) is 0 Å². The third-order valence-electron chi connectivity index (χ3n) is 3.62. The summed E-state index contributed by atoms with van der Waals surface area (Å²) in [5.74, 6) is -0.190. The highest BCUT2D eigenvalue weighted by Crippen LogP contribution is 1.98. The number of hydrogen-bond donors (Lipinski definition) is 2. The van der Waals surface area contributed by atoms with E-state index in [1.807, 2.05) is 66.7 Å². The summed E-state index contributed by atoms with van der Waals surface area (Å²) in [7, 11) is 0. The van der Waals surface area contributed by atoms with Crippen molar-refractivity contribution >= 4 is 24.3 Å². The molecule has 0 aliphatic carbocycles. The number of rotatable bonds is 5. The smallest absolute Gasteiger partial charge is 0.258 e. The Morgan fingerprint density at radius 3 is 1.86 bits per heavy atom. The van der Waals surface area contributed by atoms with Gasteiger partial charge in [-0.15, -0.1) is 5.10 Å². The molecule has 0 heterocycles. The number of benzene rings is 3. The van der Waals surface area contributed by atoms with Gasteiger partial charge < -0.3 is 0 Å². The molecule has 0 aliphatic rings. The normalized spacial score (nSPS) is 11.6. The molecule has 3 rings (SSSR count). The summed E-state index contributed by atoms with van der Waals surface area (Å²) in [6.45, 7) is 0. The topological polar surface area (TPSA) is 78.2 Å². The van der Waals surface area contributed by atoms with Crippen LogP contribution in [0.5, 0.6) is 0 Å². The molecule has 0 saturated carbocycles. The number of nitrogens with zero attached hydrogens (tertiary/aromatic N) is 3. The van der Waals surface area contributed by atoms with Crippen molar-refractivity contribution in [3.8, 4) is 0 Å². The molecule has 0 saturated heterocycles. The van der Waals surface area contributed by atoms with Crippen molar-refractivity contribution in [1.29, 1.82) is 0 Å². The summed E-state index contributed by atoms with van der Waals surface area (Å²) < 4.78 is 0. The van der Waals surface area contributed by atoms with E-state index >= 15 is 0 Å². The largest absolute Gasteiger partial charge is 0.290 e. The summed E-state index contributed by atoms with van der Waals surface area (Å²) in [5.41, 5.74) is 5.05. The summed E-state index contributed by atoms with van der Waals surface area (Å²) in [6.07, 6.45) is 3.22. The first kappa shape index (κ1) is 18.7. The number of carbonyl (C=O) groups is 1. The van der Waals surface area contributed by atoms with Crippen LogP contribution < -0.4 is 10.7 Å². The minimum Gasteiger partial charge on any atom is -0.290 e. The summed E-state index contributed by atoms with van der Waals surface area (Å²) >= 11 is 0. The van der Waals surface area contributed by atoms with Crippen LogP contribution in [0.4, 0.5) is 0 Å². The van der Waals surface area contributed by atoms with E-state index in [0.717, 1.165) is 11.1 Å². The standard InChI is InChI=1S/C22H19N5O/c28-21(20-14-8-3-9-15-20)25-22(26-23-16-18-10-4-1-5-11-18)27-24-17-19-12-6-2-7-13-19/h1-17H,(H2,25,26,27,28)/b23-16+,24-17+. The molecule has 2 N–H and O–H groups in total. The maximum absolute atomic E-state index is 12.4. The Balaban J connectivity index is 1.72. The lowest BCUT2D eigenvalue weighted by Gasteiger charge is -2.06. The van der Waals surface area contributed by atoms with Crippen molar-refractivity contribution in [3.05, 3.63) is 108 Å². The molecule has 0 unspecified atom stereocenters. The third-order valence-corrected chi connectivity index (χ3v) is 3.62. The molecule has 0 spiro atoms. The van der Waals surface area contributed by atoms with Crippen LogP contribution in [0.15, 0.2) is 106 Å². The van der Waals surface area contributed by atoms with E-state index in [2.05, 4.69) is 26.0 Å². The fraction of sp³-hybridized carbons (Fsp3) is 0. The van der Waals surface area contributed by atoms with Gasteiger partial charge in [0.2, 0.25) is 5.96 Å². The molecule has 138 valence electrons. The van der Waals surface area contributed by atoms with Gasteiger partial charge in [0.05, 0.1) is 12.4 Å². The fourth-order valence-electron chi connectivity index (χ4n) is 2.24. The van der Waals surface area contributed by atoms with Gasteiger partial charge in [-0.05, 0) is 23.3 Å².